The van der Waals surface area contributed by atoms with Crippen molar-refractivity contribution >= 4 is 29.0 Å². The van der Waals surface area contributed by atoms with Gasteiger partial charge in [0.05, 0.1) is 6.54 Å². The number of thioether (sulfide) groups is 1. The van der Waals surface area contributed by atoms with Crippen molar-refractivity contribution in [2.45, 2.75) is 19.1 Å². The van der Waals surface area contributed by atoms with E-state index in [1.54, 1.807) is 29.7 Å². The van der Waals surface area contributed by atoms with Crippen LogP contribution in [0.2, 0.25) is 0 Å². The summed E-state index contributed by atoms with van der Waals surface area (Å²) < 4.78 is 5.87. The predicted octanol–water partition coefficient (Wildman–Crippen LogP) is 2.96. The van der Waals surface area contributed by atoms with E-state index in [0.717, 1.165) is 22.8 Å². The van der Waals surface area contributed by atoms with E-state index in [-0.39, 0.29) is 12.0 Å². The molecule has 1 unspecified atom stereocenters. The third kappa shape index (κ3) is 3.77. The lowest BCUT2D eigenvalue weighted by Gasteiger charge is -2.14. The minimum Gasteiger partial charge on any atom is -0.473 e. The number of rotatable bonds is 5. The minimum atomic E-state index is -0.142. The minimum absolute atomic E-state index is 0.142. The van der Waals surface area contributed by atoms with Crippen molar-refractivity contribution in [3.8, 4) is 5.88 Å². The van der Waals surface area contributed by atoms with Crippen LogP contribution in [0.25, 0.3) is 0 Å². The number of ether oxygens (including phenoxy) is 1. The fraction of sp³-hybridized carbons (Fsp3) is 0.333. The van der Waals surface area contributed by atoms with Gasteiger partial charge in [0, 0.05) is 16.8 Å². The van der Waals surface area contributed by atoms with E-state index in [1.807, 2.05) is 29.3 Å². The molecule has 0 aromatic carbocycles. The van der Waals surface area contributed by atoms with Crippen LogP contribution in [0.3, 0.4) is 0 Å². The molecule has 1 fully saturated rings. The molecule has 2 aromatic heterocycles. The van der Waals surface area contributed by atoms with Crippen molar-refractivity contribution in [2.24, 2.45) is 0 Å². The molecule has 3 rings (SSSR count). The smallest absolute Gasteiger partial charge is 0.257 e. The zero-order chi connectivity index (χ0) is 14.5. The third-order valence-electron chi connectivity index (χ3n) is 3.19. The lowest BCUT2D eigenvalue weighted by molar-refractivity contribution is 0.0943. The first-order chi connectivity index (χ1) is 10.3. The van der Waals surface area contributed by atoms with Crippen LogP contribution in [-0.4, -0.2) is 28.5 Å². The molecule has 3 heterocycles. The molecule has 4 nitrogen and oxygen atoms in total. The molecule has 0 aliphatic carbocycles. The maximum atomic E-state index is 12.3. The summed E-state index contributed by atoms with van der Waals surface area (Å²) in [7, 11) is 0. The number of nitrogens with one attached hydrogen (secondary N) is 1. The highest BCUT2D eigenvalue weighted by Gasteiger charge is 2.21. The van der Waals surface area contributed by atoms with Gasteiger partial charge in [0.25, 0.3) is 5.91 Å². The second kappa shape index (κ2) is 6.95. The molecule has 1 amide bonds. The Balaban J connectivity index is 1.67. The summed E-state index contributed by atoms with van der Waals surface area (Å²) in [4.78, 5) is 17.6. The van der Waals surface area contributed by atoms with Crippen LogP contribution < -0.4 is 10.1 Å². The van der Waals surface area contributed by atoms with E-state index in [1.165, 1.54) is 0 Å². The normalized spacial score (nSPS) is 17.6. The average molecular weight is 320 g/mol. The van der Waals surface area contributed by atoms with Crippen molar-refractivity contribution in [3.05, 3.63) is 46.3 Å². The first-order valence-corrected chi connectivity index (χ1v) is 8.86. The van der Waals surface area contributed by atoms with Gasteiger partial charge >= 0.3 is 0 Å². The summed E-state index contributed by atoms with van der Waals surface area (Å²) in [6.07, 6.45) is 2.83. The van der Waals surface area contributed by atoms with Gasteiger partial charge in [-0.25, -0.2) is 4.98 Å². The number of hydrogen-bond donors (Lipinski definition) is 1. The molecule has 0 saturated carbocycles. The van der Waals surface area contributed by atoms with Gasteiger partial charge in [-0.15, -0.1) is 11.3 Å². The Morgan fingerprint density at radius 2 is 2.38 bits per heavy atom. The Hall–Kier alpha value is -1.53. The van der Waals surface area contributed by atoms with Gasteiger partial charge in [0.1, 0.15) is 11.7 Å². The molecule has 0 bridgehead atoms. The van der Waals surface area contributed by atoms with Gasteiger partial charge in [-0.3, -0.25) is 4.79 Å². The Kier molecular flexibility index (Phi) is 4.77. The molecular weight excluding hydrogens is 304 g/mol. The number of hydrogen-bond acceptors (Lipinski definition) is 5. The molecule has 1 N–H and O–H groups in total. The Bertz CT molecular complexity index is 595. The number of amides is 1. The second-order valence-corrected chi connectivity index (χ2v) is 6.90. The van der Waals surface area contributed by atoms with Gasteiger partial charge in [-0.05, 0) is 35.8 Å². The van der Waals surface area contributed by atoms with Crippen molar-refractivity contribution in [1.82, 2.24) is 10.3 Å². The highest BCUT2D eigenvalue weighted by molar-refractivity contribution is 7.99. The summed E-state index contributed by atoms with van der Waals surface area (Å²) in [5.74, 6) is 2.37. The molecule has 1 saturated heterocycles. The first-order valence-electron chi connectivity index (χ1n) is 6.83. The van der Waals surface area contributed by atoms with Gasteiger partial charge < -0.3 is 10.1 Å². The summed E-state index contributed by atoms with van der Waals surface area (Å²) in [6.45, 7) is 0.532. The first kappa shape index (κ1) is 14.4. The molecule has 2 aromatic rings. The maximum Gasteiger partial charge on any atom is 0.257 e. The Morgan fingerprint density at radius 1 is 1.43 bits per heavy atom. The number of carbonyl (C=O) groups is 1. The summed E-state index contributed by atoms with van der Waals surface area (Å²) in [5.41, 5.74) is 0.506. The molecule has 0 spiro atoms. The monoisotopic (exact) mass is 320 g/mol. The molecule has 110 valence electrons. The molecule has 1 aliphatic rings. The van der Waals surface area contributed by atoms with Gasteiger partial charge in [-0.2, -0.15) is 11.8 Å². The average Bonchev–Trinajstić information content (AvgIpc) is 3.18. The third-order valence-corrected chi connectivity index (χ3v) is 5.19. The second-order valence-electron chi connectivity index (χ2n) is 4.72. The SMILES string of the molecule is O=C(NCc1cccs1)c1cccnc1OC1CCSC1. The van der Waals surface area contributed by atoms with Crippen molar-refractivity contribution in [3.63, 3.8) is 0 Å². The Labute approximate surface area is 131 Å². The summed E-state index contributed by atoms with van der Waals surface area (Å²) in [6, 6.07) is 7.49. The van der Waals surface area contributed by atoms with Crippen LogP contribution >= 0.6 is 23.1 Å². The fourth-order valence-corrected chi connectivity index (χ4v) is 3.84. The number of pyridine rings is 1. The van der Waals surface area contributed by atoms with Crippen LogP contribution in [0.1, 0.15) is 21.7 Å². The molecule has 1 atom stereocenters. The van der Waals surface area contributed by atoms with E-state index in [9.17, 15) is 4.79 Å². The standard InChI is InChI=1S/C15H16N2O2S2/c18-14(17-9-12-3-2-7-21-12)13-4-1-6-16-15(13)19-11-5-8-20-10-11/h1-4,6-7,11H,5,8-10H2,(H,17,18). The summed E-state index contributed by atoms with van der Waals surface area (Å²) >= 11 is 3.50. The number of carbonyl (C=O) groups excluding carboxylic acids is 1. The molecule has 21 heavy (non-hydrogen) atoms. The zero-order valence-corrected chi connectivity index (χ0v) is 13.1. The lowest BCUT2D eigenvalue weighted by atomic mass is 10.2. The van der Waals surface area contributed by atoms with Crippen molar-refractivity contribution in [2.75, 3.05) is 11.5 Å². The van der Waals surface area contributed by atoms with Crippen LogP contribution in [0, 0.1) is 0 Å². The summed E-state index contributed by atoms with van der Waals surface area (Å²) in [5, 5.41) is 4.91. The van der Waals surface area contributed by atoms with E-state index in [4.69, 9.17) is 4.74 Å². The van der Waals surface area contributed by atoms with Crippen molar-refractivity contribution < 1.29 is 9.53 Å². The largest absolute Gasteiger partial charge is 0.473 e. The van der Waals surface area contributed by atoms with Crippen LogP contribution in [0.4, 0.5) is 0 Å². The molecule has 6 heteroatoms. The van der Waals surface area contributed by atoms with Gasteiger partial charge in [0.2, 0.25) is 5.88 Å². The molecule has 0 radical (unpaired) electrons. The number of thiophene rings is 1. The zero-order valence-electron chi connectivity index (χ0n) is 11.5. The van der Waals surface area contributed by atoms with Crippen LogP contribution in [-0.2, 0) is 6.54 Å². The Morgan fingerprint density at radius 3 is 3.14 bits per heavy atom. The van der Waals surface area contributed by atoms with E-state index in [2.05, 4.69) is 10.3 Å². The highest BCUT2D eigenvalue weighted by atomic mass is 32.2. The van der Waals surface area contributed by atoms with Gasteiger partial charge in [-0.1, -0.05) is 6.07 Å². The maximum absolute atomic E-state index is 12.3. The van der Waals surface area contributed by atoms with Crippen LogP contribution in [0.5, 0.6) is 5.88 Å². The van der Waals surface area contributed by atoms with Crippen LogP contribution in [0.15, 0.2) is 35.8 Å². The quantitative estimate of drug-likeness (QED) is 0.920. The lowest BCUT2D eigenvalue weighted by Crippen LogP contribution is -2.25. The van der Waals surface area contributed by atoms with E-state index < -0.39 is 0 Å². The molecule has 1 aliphatic heterocycles. The van der Waals surface area contributed by atoms with Gasteiger partial charge in [0.15, 0.2) is 0 Å². The van der Waals surface area contributed by atoms with E-state index >= 15 is 0 Å². The fourth-order valence-electron chi connectivity index (χ4n) is 2.10. The predicted molar refractivity (Wildman–Crippen MR) is 86.1 cm³/mol. The topological polar surface area (TPSA) is 51.2 Å². The highest BCUT2D eigenvalue weighted by Crippen LogP contribution is 2.24. The van der Waals surface area contributed by atoms with Crippen molar-refractivity contribution in [1.29, 1.82) is 0 Å². The number of aromatic nitrogens is 1. The molecular formula is C15H16N2O2S2. The number of nitrogens with zero attached hydrogens (tertiary/aromatic N) is 1. The van der Waals surface area contributed by atoms with E-state index in [0.29, 0.717) is 18.0 Å².